The Bertz CT molecular complexity index is 301. The van der Waals surface area contributed by atoms with Gasteiger partial charge in [0.1, 0.15) is 5.82 Å². The highest BCUT2D eigenvalue weighted by Gasteiger charge is 2.04. The third-order valence-electron chi connectivity index (χ3n) is 2.26. The molecule has 0 amide bonds. The van der Waals surface area contributed by atoms with Crippen LogP contribution in [0.1, 0.15) is 25.8 Å². The van der Waals surface area contributed by atoms with E-state index >= 15 is 0 Å². The lowest BCUT2D eigenvalue weighted by atomic mass is 10.2. The van der Waals surface area contributed by atoms with Crippen LogP contribution in [0.3, 0.4) is 0 Å². The third-order valence-corrected chi connectivity index (χ3v) is 2.75. The van der Waals surface area contributed by atoms with Crippen molar-refractivity contribution in [3.8, 4) is 0 Å². The molecule has 3 heteroatoms. The van der Waals surface area contributed by atoms with Gasteiger partial charge in [0.25, 0.3) is 0 Å². The first-order valence-electron chi connectivity index (χ1n) is 4.80. The monoisotopic (exact) mass is 259 g/mol. The predicted octanol–water partition coefficient (Wildman–Crippen LogP) is 3.48. The number of hydrogen-bond donors (Lipinski definition) is 1. The van der Waals surface area contributed by atoms with E-state index in [9.17, 15) is 4.39 Å². The van der Waals surface area contributed by atoms with Crippen LogP contribution in [-0.4, -0.2) is 6.04 Å². The molecular weight excluding hydrogens is 245 g/mol. The highest BCUT2D eigenvalue weighted by Crippen LogP contribution is 2.15. The molecule has 0 aliphatic heterocycles. The fourth-order valence-corrected chi connectivity index (χ4v) is 1.52. The van der Waals surface area contributed by atoms with Crippen LogP contribution in [0.4, 0.5) is 4.39 Å². The number of halogens is 2. The Morgan fingerprint density at radius 2 is 2.21 bits per heavy atom. The molecule has 0 radical (unpaired) electrons. The van der Waals surface area contributed by atoms with Crippen molar-refractivity contribution in [3.05, 3.63) is 34.1 Å². The molecule has 0 fully saturated rings. The van der Waals surface area contributed by atoms with Gasteiger partial charge in [-0.25, -0.2) is 4.39 Å². The number of benzene rings is 1. The smallest absolute Gasteiger partial charge is 0.127 e. The van der Waals surface area contributed by atoms with Crippen molar-refractivity contribution < 1.29 is 4.39 Å². The van der Waals surface area contributed by atoms with Gasteiger partial charge in [0.15, 0.2) is 0 Å². The molecule has 0 heterocycles. The van der Waals surface area contributed by atoms with Gasteiger partial charge in [0.05, 0.1) is 0 Å². The summed E-state index contributed by atoms with van der Waals surface area (Å²) in [5, 5.41) is 3.26. The third kappa shape index (κ3) is 3.39. The zero-order valence-electron chi connectivity index (χ0n) is 8.48. The average molecular weight is 260 g/mol. The molecule has 0 aromatic heterocycles. The van der Waals surface area contributed by atoms with Crippen LogP contribution in [-0.2, 0) is 6.54 Å². The fourth-order valence-electron chi connectivity index (χ4n) is 1.11. The Morgan fingerprint density at radius 3 is 2.86 bits per heavy atom. The summed E-state index contributed by atoms with van der Waals surface area (Å²) >= 11 is 3.33. The van der Waals surface area contributed by atoms with Gasteiger partial charge >= 0.3 is 0 Å². The van der Waals surface area contributed by atoms with Crippen molar-refractivity contribution in [2.75, 3.05) is 0 Å². The van der Waals surface area contributed by atoms with E-state index in [0.29, 0.717) is 18.2 Å². The van der Waals surface area contributed by atoms with Crippen molar-refractivity contribution in [1.29, 1.82) is 0 Å². The molecule has 1 aromatic carbocycles. The second kappa shape index (κ2) is 5.47. The zero-order valence-corrected chi connectivity index (χ0v) is 10.1. The Hall–Kier alpha value is -0.410. The molecule has 1 aromatic rings. The van der Waals surface area contributed by atoms with E-state index in [2.05, 4.69) is 35.1 Å². The van der Waals surface area contributed by atoms with Crippen LogP contribution in [0.15, 0.2) is 22.7 Å². The van der Waals surface area contributed by atoms with Gasteiger partial charge in [-0.2, -0.15) is 0 Å². The van der Waals surface area contributed by atoms with E-state index in [1.165, 1.54) is 6.07 Å². The minimum Gasteiger partial charge on any atom is -0.310 e. The topological polar surface area (TPSA) is 12.0 Å². The number of hydrogen-bond acceptors (Lipinski definition) is 1. The first-order valence-corrected chi connectivity index (χ1v) is 5.60. The average Bonchev–Trinajstić information content (AvgIpc) is 2.19. The SMILES string of the molecule is CC[C@@H](C)NCc1cc(Br)ccc1F. The van der Waals surface area contributed by atoms with Crippen LogP contribution in [0.5, 0.6) is 0 Å². The minimum atomic E-state index is -0.149. The molecule has 78 valence electrons. The molecule has 0 saturated heterocycles. The molecule has 14 heavy (non-hydrogen) atoms. The maximum atomic E-state index is 13.3. The van der Waals surface area contributed by atoms with Crippen molar-refractivity contribution in [2.24, 2.45) is 0 Å². The predicted molar refractivity (Wildman–Crippen MR) is 60.7 cm³/mol. The lowest BCUT2D eigenvalue weighted by molar-refractivity contribution is 0.517. The minimum absolute atomic E-state index is 0.149. The molecule has 0 aliphatic carbocycles. The maximum absolute atomic E-state index is 13.3. The van der Waals surface area contributed by atoms with Gasteiger partial charge in [-0.05, 0) is 31.5 Å². The van der Waals surface area contributed by atoms with Gasteiger partial charge in [0, 0.05) is 22.6 Å². The molecular formula is C11H15BrFN. The Kier molecular flexibility index (Phi) is 4.55. The lowest BCUT2D eigenvalue weighted by Crippen LogP contribution is -2.24. The standard InChI is InChI=1S/C11H15BrFN/c1-3-8(2)14-7-9-6-10(12)4-5-11(9)13/h4-6,8,14H,3,7H2,1-2H3/t8-/m1/s1. The molecule has 0 bridgehead atoms. The Labute approximate surface area is 92.8 Å². The molecule has 1 nitrogen and oxygen atoms in total. The summed E-state index contributed by atoms with van der Waals surface area (Å²) in [6.07, 6.45) is 1.05. The van der Waals surface area contributed by atoms with Crippen LogP contribution >= 0.6 is 15.9 Å². The molecule has 1 rings (SSSR count). The van der Waals surface area contributed by atoms with E-state index in [0.717, 1.165) is 10.9 Å². The van der Waals surface area contributed by atoms with Crippen LogP contribution in [0.2, 0.25) is 0 Å². The quantitative estimate of drug-likeness (QED) is 0.873. The van der Waals surface area contributed by atoms with Gasteiger partial charge in [-0.1, -0.05) is 22.9 Å². The second-order valence-electron chi connectivity index (χ2n) is 3.43. The Morgan fingerprint density at radius 1 is 1.50 bits per heavy atom. The van der Waals surface area contributed by atoms with E-state index in [1.807, 2.05) is 6.07 Å². The van der Waals surface area contributed by atoms with Gasteiger partial charge in [0.2, 0.25) is 0 Å². The van der Waals surface area contributed by atoms with E-state index < -0.39 is 0 Å². The van der Waals surface area contributed by atoms with E-state index in [4.69, 9.17) is 0 Å². The van der Waals surface area contributed by atoms with Gasteiger partial charge in [-0.3, -0.25) is 0 Å². The van der Waals surface area contributed by atoms with E-state index in [-0.39, 0.29) is 5.82 Å². The fraction of sp³-hybridized carbons (Fsp3) is 0.455. The summed E-state index contributed by atoms with van der Waals surface area (Å²) < 4.78 is 14.2. The summed E-state index contributed by atoms with van der Waals surface area (Å²) in [6, 6.07) is 5.43. The van der Waals surface area contributed by atoms with Crippen molar-refractivity contribution in [1.82, 2.24) is 5.32 Å². The number of rotatable bonds is 4. The normalized spacial score (nSPS) is 12.9. The van der Waals surface area contributed by atoms with Gasteiger partial charge < -0.3 is 5.32 Å². The maximum Gasteiger partial charge on any atom is 0.127 e. The first kappa shape index (κ1) is 11.7. The summed E-state index contributed by atoms with van der Waals surface area (Å²) in [6.45, 7) is 4.78. The zero-order chi connectivity index (χ0) is 10.6. The summed E-state index contributed by atoms with van der Waals surface area (Å²) in [7, 11) is 0. The number of nitrogens with one attached hydrogen (secondary N) is 1. The molecule has 0 saturated carbocycles. The molecule has 1 atom stereocenters. The highest BCUT2D eigenvalue weighted by molar-refractivity contribution is 9.10. The summed E-state index contributed by atoms with van der Waals surface area (Å²) in [4.78, 5) is 0. The first-order chi connectivity index (χ1) is 6.63. The van der Waals surface area contributed by atoms with Crippen molar-refractivity contribution in [2.45, 2.75) is 32.9 Å². The molecule has 0 unspecified atom stereocenters. The van der Waals surface area contributed by atoms with Crippen LogP contribution < -0.4 is 5.32 Å². The highest BCUT2D eigenvalue weighted by atomic mass is 79.9. The van der Waals surface area contributed by atoms with E-state index in [1.54, 1.807) is 6.07 Å². The largest absolute Gasteiger partial charge is 0.310 e. The summed E-state index contributed by atoms with van der Waals surface area (Å²) in [5.41, 5.74) is 0.708. The Balaban J connectivity index is 2.62. The van der Waals surface area contributed by atoms with Crippen molar-refractivity contribution >= 4 is 15.9 Å². The molecule has 1 N–H and O–H groups in total. The summed E-state index contributed by atoms with van der Waals surface area (Å²) in [5.74, 6) is -0.149. The molecule has 0 aliphatic rings. The van der Waals surface area contributed by atoms with Crippen LogP contribution in [0.25, 0.3) is 0 Å². The van der Waals surface area contributed by atoms with Crippen LogP contribution in [0, 0.1) is 5.82 Å². The lowest BCUT2D eigenvalue weighted by Gasteiger charge is -2.11. The second-order valence-corrected chi connectivity index (χ2v) is 4.34. The van der Waals surface area contributed by atoms with Gasteiger partial charge in [-0.15, -0.1) is 0 Å². The van der Waals surface area contributed by atoms with Crippen molar-refractivity contribution in [3.63, 3.8) is 0 Å². The molecule has 0 spiro atoms.